The van der Waals surface area contributed by atoms with Gasteiger partial charge in [0.25, 0.3) is 11.1 Å². The maximum atomic E-state index is 14.3. The molecule has 4 N–H and O–H groups in total. The molecule has 8 aromatic heterocycles. The number of hydrogen-bond acceptors (Lipinski definition) is 16. The van der Waals surface area contributed by atoms with Gasteiger partial charge in [0.05, 0.1) is 90.0 Å². The molecule has 12 aromatic rings. The number of rotatable bonds is 18. The molecule has 0 spiro atoms. The first-order valence-corrected chi connectivity index (χ1v) is 32.6. The lowest BCUT2D eigenvalue weighted by molar-refractivity contribution is -0.123. The van der Waals surface area contributed by atoms with Gasteiger partial charge in [0.2, 0.25) is 31.9 Å². The summed E-state index contributed by atoms with van der Waals surface area (Å²) in [5.74, 6) is -4.59. The van der Waals surface area contributed by atoms with Crippen LogP contribution in [0.5, 0.6) is 0 Å². The van der Waals surface area contributed by atoms with Crippen molar-refractivity contribution in [1.29, 1.82) is 0 Å². The highest BCUT2D eigenvalue weighted by Gasteiger charge is 2.31. The maximum Gasteiger partial charge on any atom is 0.267 e. The standard InChI is InChI=1S/2C30H26ClF2N9O4S/c2*1-16-8-10-41(37-16)15-24(43)35-22(13-17-11-18(32)14-19(33)12-17)29-36-27-20(5-4-9-34-27)30(44)42(29)23-7-6-21(31)25-26(23)40(2)38-28(25)39-47(3,45)46/h2*4-12,14,22H,13,15H2,1-3H3,(H,35,43)(H,38,39)/t2*22-/m00/s1. The Morgan fingerprint density at radius 2 is 0.915 bits per heavy atom. The van der Waals surface area contributed by atoms with Crippen LogP contribution < -0.4 is 31.2 Å². The van der Waals surface area contributed by atoms with E-state index in [2.05, 4.69) is 50.4 Å². The Labute approximate surface area is 539 Å². The number of fused-ring (bicyclic) bond motifs is 4. The van der Waals surface area contributed by atoms with Gasteiger partial charge in [-0.05, 0) is 110 Å². The third-order valence-corrected chi connectivity index (χ3v) is 16.2. The van der Waals surface area contributed by atoms with Crippen LogP contribution in [0.1, 0.15) is 46.2 Å². The molecule has 8 heterocycles. The van der Waals surface area contributed by atoms with E-state index in [1.807, 2.05) is 0 Å². The summed E-state index contributed by atoms with van der Waals surface area (Å²) < 4.78 is 119. The third-order valence-electron chi connectivity index (χ3n) is 14.4. The summed E-state index contributed by atoms with van der Waals surface area (Å²) in [6.45, 7) is 3.13. The highest BCUT2D eigenvalue weighted by atomic mass is 35.5. The summed E-state index contributed by atoms with van der Waals surface area (Å²) >= 11 is 13.1. The zero-order valence-corrected chi connectivity index (χ0v) is 53.3. The summed E-state index contributed by atoms with van der Waals surface area (Å²) in [4.78, 5) is 73.4. The van der Waals surface area contributed by atoms with Crippen LogP contribution in [0.2, 0.25) is 10.0 Å². The molecule has 0 aliphatic rings. The molecule has 0 unspecified atom stereocenters. The van der Waals surface area contributed by atoms with Crippen LogP contribution in [0.4, 0.5) is 29.2 Å². The van der Waals surface area contributed by atoms with Gasteiger partial charge in [-0.2, -0.15) is 20.4 Å². The number of amides is 2. The number of benzene rings is 4. The van der Waals surface area contributed by atoms with Crippen molar-refractivity contribution in [2.75, 3.05) is 22.0 Å². The minimum Gasteiger partial charge on any atom is -0.344 e. The van der Waals surface area contributed by atoms with Crippen LogP contribution in [-0.4, -0.2) is 109 Å². The van der Waals surface area contributed by atoms with E-state index in [0.29, 0.717) is 11.4 Å². The summed E-state index contributed by atoms with van der Waals surface area (Å²) in [6.07, 6.45) is 7.68. The van der Waals surface area contributed by atoms with Crippen molar-refractivity contribution >= 4 is 111 Å². The van der Waals surface area contributed by atoms with Gasteiger partial charge >= 0.3 is 0 Å². The molecule has 484 valence electrons. The SMILES string of the molecule is Cc1ccn(CC(=O)N[C@@H](Cc2cc(F)cc(F)c2)c2nc3ncccc3c(=O)n2-c2ccc(Cl)c3c(NS(C)(=O)=O)nn(C)c23)n1.Cc1ccn(CC(=O)N[C@@H](Cc2cc(F)cc(F)c2)c2nc3ncccc3c(=O)n2-c2ccc(Cl)c3c(NS(C)(=O)=O)nn(C)c23)n1. The maximum absolute atomic E-state index is 14.3. The van der Waals surface area contributed by atoms with Gasteiger partial charge in [0.1, 0.15) is 48.0 Å². The Hall–Kier alpha value is -10.4. The Kier molecular flexibility index (Phi) is 17.9. The average Bonchev–Trinajstić information content (AvgIpc) is 1.39. The van der Waals surface area contributed by atoms with Crippen molar-refractivity contribution < 1.29 is 44.0 Å². The number of carbonyl (C=O) groups is 2. The summed E-state index contributed by atoms with van der Waals surface area (Å²) in [5, 5.41) is 23.7. The van der Waals surface area contributed by atoms with Gasteiger partial charge in [-0.25, -0.2) is 54.3 Å². The Bertz CT molecular complexity index is 5040. The number of sulfonamides is 2. The molecule has 0 radical (unpaired) electrons. The van der Waals surface area contributed by atoms with Crippen LogP contribution in [0, 0.1) is 37.1 Å². The molecule has 0 fully saturated rings. The molecule has 0 saturated carbocycles. The number of aromatic nitrogens is 14. The topological polar surface area (TPSA) is 317 Å². The molecular formula is C60H52Cl2F4N18O8S2. The first-order chi connectivity index (χ1) is 44.5. The number of anilines is 2. The lowest BCUT2D eigenvalue weighted by Gasteiger charge is -2.23. The smallest absolute Gasteiger partial charge is 0.267 e. The first-order valence-electron chi connectivity index (χ1n) is 28.1. The molecule has 2 atom stereocenters. The molecule has 12 rings (SSSR count). The van der Waals surface area contributed by atoms with Gasteiger partial charge in [-0.15, -0.1) is 0 Å². The minimum absolute atomic E-state index is 0.0293. The monoisotopic (exact) mass is 1360 g/mol. The van der Waals surface area contributed by atoms with E-state index >= 15 is 0 Å². The number of carbonyl (C=O) groups excluding carboxylic acids is 2. The van der Waals surface area contributed by atoms with Crippen molar-refractivity contribution in [3.05, 3.63) is 210 Å². The highest BCUT2D eigenvalue weighted by molar-refractivity contribution is 7.92. The molecule has 0 aliphatic carbocycles. The molecule has 4 aromatic carbocycles. The predicted octanol–water partition coefficient (Wildman–Crippen LogP) is 7.15. The second kappa shape index (κ2) is 25.9. The summed E-state index contributed by atoms with van der Waals surface area (Å²) in [5.41, 5.74) is 1.55. The normalized spacial score (nSPS) is 12.5. The van der Waals surface area contributed by atoms with E-state index in [1.165, 1.54) is 90.7 Å². The van der Waals surface area contributed by atoms with E-state index in [0.717, 1.165) is 48.9 Å². The highest BCUT2D eigenvalue weighted by Crippen LogP contribution is 2.38. The lowest BCUT2D eigenvalue weighted by Crippen LogP contribution is -2.37. The largest absolute Gasteiger partial charge is 0.344 e. The Balaban J connectivity index is 0.000000192. The average molecular weight is 1360 g/mol. The number of pyridine rings is 2. The van der Waals surface area contributed by atoms with Crippen molar-refractivity contribution in [2.24, 2.45) is 14.1 Å². The van der Waals surface area contributed by atoms with E-state index in [-0.39, 0.29) is 126 Å². The second-order valence-corrected chi connectivity index (χ2v) is 26.1. The molecule has 2 amide bonds. The first kappa shape index (κ1) is 65.1. The Morgan fingerprint density at radius 1 is 0.543 bits per heavy atom. The van der Waals surface area contributed by atoms with Crippen LogP contribution in [0.15, 0.2) is 131 Å². The van der Waals surface area contributed by atoms with Gasteiger partial charge < -0.3 is 10.6 Å². The Morgan fingerprint density at radius 3 is 1.26 bits per heavy atom. The lowest BCUT2D eigenvalue weighted by atomic mass is 10.0. The molecule has 94 heavy (non-hydrogen) atoms. The van der Waals surface area contributed by atoms with E-state index in [1.54, 1.807) is 50.5 Å². The molecular weight excluding hydrogens is 1310 g/mol. The van der Waals surface area contributed by atoms with Crippen molar-refractivity contribution in [3.8, 4) is 11.4 Å². The van der Waals surface area contributed by atoms with Crippen LogP contribution in [0.3, 0.4) is 0 Å². The minimum atomic E-state index is -3.78. The second-order valence-electron chi connectivity index (χ2n) is 21.8. The van der Waals surface area contributed by atoms with Crippen molar-refractivity contribution in [1.82, 2.24) is 78.8 Å². The third kappa shape index (κ3) is 14.1. The van der Waals surface area contributed by atoms with Crippen LogP contribution in [0.25, 0.3) is 55.2 Å². The van der Waals surface area contributed by atoms with Crippen LogP contribution >= 0.6 is 23.2 Å². The van der Waals surface area contributed by atoms with Crippen molar-refractivity contribution in [3.63, 3.8) is 0 Å². The predicted molar refractivity (Wildman–Crippen MR) is 342 cm³/mol. The molecule has 26 nitrogen and oxygen atoms in total. The van der Waals surface area contributed by atoms with Gasteiger partial charge in [-0.1, -0.05) is 23.2 Å². The molecule has 0 aliphatic heterocycles. The number of nitrogens with zero attached hydrogens (tertiary/aromatic N) is 14. The summed E-state index contributed by atoms with van der Waals surface area (Å²) in [6, 6.07) is 19.2. The van der Waals surface area contributed by atoms with Crippen LogP contribution in [-0.2, 0) is 69.7 Å². The van der Waals surface area contributed by atoms with E-state index in [4.69, 9.17) is 33.2 Å². The molecule has 0 saturated heterocycles. The van der Waals surface area contributed by atoms with Gasteiger partial charge in [0, 0.05) is 63.9 Å². The van der Waals surface area contributed by atoms with Gasteiger partial charge in [-0.3, -0.25) is 56.5 Å². The zero-order chi connectivity index (χ0) is 67.2. The van der Waals surface area contributed by atoms with E-state index in [9.17, 15) is 53.6 Å². The van der Waals surface area contributed by atoms with Crippen molar-refractivity contribution in [2.45, 2.75) is 51.9 Å². The van der Waals surface area contributed by atoms with E-state index < -0.39 is 78.3 Å². The number of nitrogens with one attached hydrogen (secondary N) is 4. The fourth-order valence-corrected chi connectivity index (χ4v) is 12.3. The number of halogens is 6. The number of aryl methyl sites for hydroxylation is 4. The number of hydrogen-bond donors (Lipinski definition) is 4. The fraction of sp³-hybridized carbons (Fsp3) is 0.200. The van der Waals surface area contributed by atoms with Gasteiger partial charge in [0.15, 0.2) is 22.9 Å². The quantitative estimate of drug-likeness (QED) is 0.0620. The molecule has 0 bridgehead atoms. The fourth-order valence-electron chi connectivity index (χ4n) is 10.8. The zero-order valence-electron chi connectivity index (χ0n) is 50.1. The summed E-state index contributed by atoms with van der Waals surface area (Å²) in [7, 11) is -4.48. The molecule has 34 heteroatoms.